The molecule has 1 aromatic heterocycles. The summed E-state index contributed by atoms with van der Waals surface area (Å²) < 4.78 is 12.4. The first kappa shape index (κ1) is 33.5. The maximum atomic E-state index is 14.5. The number of hydrogen-bond donors (Lipinski definition) is 3. The molecule has 3 fully saturated rings. The van der Waals surface area contributed by atoms with E-state index in [-0.39, 0.29) is 43.4 Å². The molecule has 256 valence electrons. The molecule has 0 radical (unpaired) electrons. The zero-order valence-corrected chi connectivity index (χ0v) is 28.1. The van der Waals surface area contributed by atoms with Crippen LogP contribution in [0.4, 0.5) is 4.79 Å². The maximum Gasteiger partial charge on any atom is 0.408 e. The van der Waals surface area contributed by atoms with Gasteiger partial charge in [0, 0.05) is 24.0 Å². The lowest BCUT2D eigenvalue weighted by molar-refractivity contribution is -0.142. The highest BCUT2D eigenvalue weighted by Gasteiger charge is 2.47. The Morgan fingerprint density at radius 2 is 1.96 bits per heavy atom. The van der Waals surface area contributed by atoms with E-state index in [0.29, 0.717) is 5.88 Å². The lowest BCUT2D eigenvalue weighted by Gasteiger charge is -2.35. The molecule has 0 spiro atoms. The quantitative estimate of drug-likeness (QED) is 0.385. The lowest BCUT2D eigenvalue weighted by atomic mass is 9.85. The Labute approximate surface area is 281 Å². The minimum absolute atomic E-state index is 0.0863. The first-order valence-corrected chi connectivity index (χ1v) is 17.2. The number of allylic oxidation sites excluding steroid dienone is 1. The van der Waals surface area contributed by atoms with Gasteiger partial charge in [0.25, 0.3) is 0 Å². The highest BCUT2D eigenvalue weighted by molar-refractivity contribution is 5.95. The Kier molecular flexibility index (Phi) is 9.75. The van der Waals surface area contributed by atoms with Gasteiger partial charge in [0.15, 0.2) is 0 Å². The second kappa shape index (κ2) is 14.0. The molecule has 3 heterocycles. The van der Waals surface area contributed by atoms with E-state index < -0.39 is 47.6 Å². The Balaban J connectivity index is 1.34. The van der Waals surface area contributed by atoms with Gasteiger partial charge in [0.1, 0.15) is 30.3 Å². The third-order valence-corrected chi connectivity index (χ3v) is 9.81. The van der Waals surface area contributed by atoms with E-state index in [4.69, 9.17) is 9.47 Å². The molecule has 3 N–H and O–H groups in total. The maximum absolute atomic E-state index is 14.5. The molecular weight excluding hydrogens is 610 g/mol. The second-order valence-corrected chi connectivity index (χ2v) is 14.7. The molecule has 6 rings (SSSR count). The van der Waals surface area contributed by atoms with Crippen LogP contribution in [0.1, 0.15) is 77.7 Å². The number of rotatable bonds is 6. The first-order chi connectivity index (χ1) is 23.0. The van der Waals surface area contributed by atoms with Crippen molar-refractivity contribution in [3.05, 3.63) is 54.8 Å². The topological polar surface area (TPSA) is 139 Å². The van der Waals surface area contributed by atoms with Crippen molar-refractivity contribution in [2.24, 2.45) is 11.3 Å². The standard InChI is InChI=1S/C37H47N5O6/c1-5-8-28(32(43)39-25-15-16-25)40-33(44)29-20-26-21-42(29)35(45)31(37(2,3)4)41-36(46)48-30-12-7-11-24(30)10-6-9-22-13-14-23-17-18-38-34(47-26)27(23)19-22/h5-6,9,13-14,17-19,24-26,28-31H,1,7-8,10-12,15-16,20-21H2,2-4H3,(H,39,43)(H,40,44)(H,41,46)/b9-6+/t24-,26-,28?,29+,30-,31-/m1/s1. The van der Waals surface area contributed by atoms with Crippen LogP contribution in [0.5, 0.6) is 5.88 Å². The fourth-order valence-electron chi connectivity index (χ4n) is 7.00. The molecular formula is C37H47N5O6. The SMILES string of the molecule is C=CCC(NC(=O)[C@@H]1C[C@@H]2CN1C(=O)[C@H](C(C)(C)C)NC(=O)O[C@@H]1CCC[C@H]1C/C=C/c1ccc3ccnc(c3c1)O2)C(=O)NC1CC1. The summed E-state index contributed by atoms with van der Waals surface area (Å²) in [6.07, 6.45) is 11.6. The van der Waals surface area contributed by atoms with Crippen molar-refractivity contribution < 1.29 is 28.7 Å². The van der Waals surface area contributed by atoms with E-state index in [1.54, 1.807) is 12.3 Å². The lowest BCUT2D eigenvalue weighted by Crippen LogP contribution is -2.59. The molecule has 2 aromatic rings. The molecule has 6 atom stereocenters. The Morgan fingerprint density at radius 1 is 1.15 bits per heavy atom. The van der Waals surface area contributed by atoms with E-state index in [1.807, 2.05) is 45.0 Å². The zero-order valence-electron chi connectivity index (χ0n) is 28.1. The minimum atomic E-state index is -0.988. The molecule has 2 aliphatic heterocycles. The van der Waals surface area contributed by atoms with Crippen molar-refractivity contribution in [1.82, 2.24) is 25.8 Å². The van der Waals surface area contributed by atoms with Crippen LogP contribution in [0.3, 0.4) is 0 Å². The summed E-state index contributed by atoms with van der Waals surface area (Å²) in [6, 6.07) is 5.36. The number of ether oxygens (including phenoxy) is 2. The third kappa shape index (κ3) is 7.66. The number of nitrogens with one attached hydrogen (secondary N) is 3. The summed E-state index contributed by atoms with van der Waals surface area (Å²) in [4.78, 5) is 60.9. The number of carbonyl (C=O) groups excluding carboxylic acids is 4. The predicted octanol–water partition coefficient (Wildman–Crippen LogP) is 4.65. The summed E-state index contributed by atoms with van der Waals surface area (Å²) in [6.45, 7) is 9.45. The van der Waals surface area contributed by atoms with Crippen molar-refractivity contribution in [2.45, 2.75) is 109 Å². The average Bonchev–Trinajstić information content (AvgIpc) is 3.58. The van der Waals surface area contributed by atoms with Crippen molar-refractivity contribution in [3.63, 3.8) is 0 Å². The van der Waals surface area contributed by atoms with Gasteiger partial charge in [-0.15, -0.1) is 6.58 Å². The summed E-state index contributed by atoms with van der Waals surface area (Å²) in [5, 5.41) is 10.5. The fourth-order valence-corrected chi connectivity index (χ4v) is 7.00. The highest BCUT2D eigenvalue weighted by Crippen LogP contribution is 2.34. The van der Waals surface area contributed by atoms with Crippen molar-refractivity contribution >= 4 is 40.7 Å². The van der Waals surface area contributed by atoms with Gasteiger partial charge in [0.2, 0.25) is 23.6 Å². The number of fused-ring (bicyclic) bond motifs is 4. The number of benzene rings is 1. The number of amides is 4. The molecule has 11 heteroatoms. The molecule has 11 nitrogen and oxygen atoms in total. The summed E-state index contributed by atoms with van der Waals surface area (Å²) in [5.41, 5.74) is 0.276. The number of nitrogens with zero attached hydrogens (tertiary/aromatic N) is 2. The molecule has 2 aliphatic carbocycles. The van der Waals surface area contributed by atoms with Gasteiger partial charge in [-0.25, -0.2) is 9.78 Å². The van der Waals surface area contributed by atoms with Gasteiger partial charge < -0.3 is 30.3 Å². The van der Waals surface area contributed by atoms with Crippen molar-refractivity contribution in [2.75, 3.05) is 6.54 Å². The molecule has 4 bridgehead atoms. The molecule has 4 aliphatic rings. The number of carbonyl (C=O) groups is 4. The van der Waals surface area contributed by atoms with Gasteiger partial charge in [0.05, 0.1) is 6.54 Å². The normalized spacial score (nSPS) is 27.5. The molecule has 1 saturated heterocycles. The predicted molar refractivity (Wildman–Crippen MR) is 182 cm³/mol. The number of hydrogen-bond acceptors (Lipinski definition) is 7. The molecule has 2 saturated carbocycles. The molecule has 1 unspecified atom stereocenters. The van der Waals surface area contributed by atoms with Gasteiger partial charge in [-0.05, 0) is 79.4 Å². The van der Waals surface area contributed by atoms with Crippen LogP contribution in [0, 0.1) is 11.3 Å². The van der Waals surface area contributed by atoms with Crippen molar-refractivity contribution in [1.29, 1.82) is 0 Å². The largest absolute Gasteiger partial charge is 0.472 e. The van der Waals surface area contributed by atoms with E-state index in [2.05, 4.69) is 39.7 Å². The van der Waals surface area contributed by atoms with Crippen LogP contribution in [-0.4, -0.2) is 76.6 Å². The summed E-state index contributed by atoms with van der Waals surface area (Å²) in [7, 11) is 0. The smallest absolute Gasteiger partial charge is 0.408 e. The van der Waals surface area contributed by atoms with Crippen LogP contribution >= 0.6 is 0 Å². The van der Waals surface area contributed by atoms with Gasteiger partial charge in [-0.2, -0.15) is 0 Å². The first-order valence-electron chi connectivity index (χ1n) is 17.2. The van der Waals surface area contributed by atoms with Gasteiger partial charge in [-0.1, -0.05) is 51.1 Å². The van der Waals surface area contributed by atoms with Crippen LogP contribution in [0.2, 0.25) is 0 Å². The van der Waals surface area contributed by atoms with Gasteiger partial charge >= 0.3 is 6.09 Å². The van der Waals surface area contributed by atoms with Crippen molar-refractivity contribution in [3.8, 4) is 5.88 Å². The Bertz CT molecular complexity index is 1600. The van der Waals surface area contributed by atoms with Gasteiger partial charge in [-0.3, -0.25) is 14.4 Å². The Hall–Kier alpha value is -4.41. The van der Waals surface area contributed by atoms with E-state index >= 15 is 0 Å². The van der Waals surface area contributed by atoms with E-state index in [9.17, 15) is 19.2 Å². The Morgan fingerprint density at radius 3 is 2.71 bits per heavy atom. The van der Waals surface area contributed by atoms with Crippen LogP contribution in [0.25, 0.3) is 16.8 Å². The van der Waals surface area contributed by atoms with E-state index in [1.165, 1.54) is 4.90 Å². The van der Waals surface area contributed by atoms with E-state index in [0.717, 1.165) is 54.9 Å². The number of aromatic nitrogens is 1. The molecule has 1 aromatic carbocycles. The average molecular weight is 658 g/mol. The van der Waals surface area contributed by atoms with Crippen LogP contribution in [-0.2, 0) is 19.1 Å². The third-order valence-electron chi connectivity index (χ3n) is 9.81. The summed E-state index contributed by atoms with van der Waals surface area (Å²) >= 11 is 0. The minimum Gasteiger partial charge on any atom is -0.472 e. The zero-order chi connectivity index (χ0) is 34.0. The number of alkyl carbamates (subject to hydrolysis) is 1. The van der Waals surface area contributed by atoms with Crippen LogP contribution in [0.15, 0.2) is 49.2 Å². The summed E-state index contributed by atoms with van der Waals surface area (Å²) in [5.74, 6) is -0.586. The van der Waals surface area contributed by atoms with Crippen LogP contribution < -0.4 is 20.7 Å². The number of pyridine rings is 1. The fraction of sp³-hybridized carbons (Fsp3) is 0.541. The monoisotopic (exact) mass is 657 g/mol. The highest BCUT2D eigenvalue weighted by atomic mass is 16.6. The second-order valence-electron chi connectivity index (χ2n) is 14.7. The molecule has 4 amide bonds. The molecule has 48 heavy (non-hydrogen) atoms.